The minimum atomic E-state index is -0.358. The molecule has 0 aliphatic carbocycles. The van der Waals surface area contributed by atoms with E-state index < -0.39 is 0 Å². The van der Waals surface area contributed by atoms with Crippen molar-refractivity contribution in [1.29, 1.82) is 0 Å². The summed E-state index contributed by atoms with van der Waals surface area (Å²) in [5.41, 5.74) is 0. The number of methoxy groups -OCH3 is 1. The Kier molecular flexibility index (Phi) is 3.03. The highest BCUT2D eigenvalue weighted by Gasteiger charge is 2.09. The van der Waals surface area contributed by atoms with Crippen molar-refractivity contribution in [3.8, 4) is 11.5 Å². The zero-order chi connectivity index (χ0) is 14.1. The highest BCUT2D eigenvalue weighted by molar-refractivity contribution is 5.99. The fourth-order valence-electron chi connectivity index (χ4n) is 2.34. The van der Waals surface area contributed by atoms with E-state index in [0.717, 1.165) is 16.2 Å². The Morgan fingerprint density at radius 2 is 1.40 bits per heavy atom. The van der Waals surface area contributed by atoms with Crippen LogP contribution in [0.25, 0.3) is 21.5 Å². The van der Waals surface area contributed by atoms with E-state index in [4.69, 9.17) is 9.47 Å². The average Bonchev–Trinajstić information content (AvgIpc) is 2.44. The van der Waals surface area contributed by atoms with Crippen LogP contribution in [0, 0.1) is 0 Å². The van der Waals surface area contributed by atoms with Crippen LogP contribution < -0.4 is 9.47 Å². The van der Waals surface area contributed by atoms with Crippen LogP contribution >= 0.6 is 0 Å². The molecule has 0 N–H and O–H groups in total. The minimum Gasteiger partial charge on any atom is -0.493 e. The Balaban J connectivity index is 2.26. The summed E-state index contributed by atoms with van der Waals surface area (Å²) in [6.45, 7) is 1.38. The topological polar surface area (TPSA) is 35.5 Å². The molecule has 3 nitrogen and oxygen atoms in total. The van der Waals surface area contributed by atoms with E-state index in [1.54, 1.807) is 7.11 Å². The molecule has 0 unspecified atom stereocenters. The molecule has 0 fully saturated rings. The second-order valence-corrected chi connectivity index (χ2v) is 4.64. The van der Waals surface area contributed by atoms with Crippen molar-refractivity contribution in [2.75, 3.05) is 7.11 Å². The molecule has 3 aromatic rings. The molecule has 0 aliphatic rings. The lowest BCUT2D eigenvalue weighted by atomic mass is 10.0. The third-order valence-electron chi connectivity index (χ3n) is 3.24. The van der Waals surface area contributed by atoms with Gasteiger partial charge in [0.05, 0.1) is 7.11 Å². The highest BCUT2D eigenvalue weighted by atomic mass is 16.6. The predicted octanol–water partition coefficient (Wildman–Crippen LogP) is 3.93. The monoisotopic (exact) mass is 266 g/mol. The number of ether oxygens (including phenoxy) is 2. The largest absolute Gasteiger partial charge is 0.493 e. The third kappa shape index (κ3) is 2.18. The Morgan fingerprint density at radius 3 is 1.90 bits per heavy atom. The summed E-state index contributed by atoms with van der Waals surface area (Å²) < 4.78 is 10.5. The molecule has 3 heteroatoms. The summed E-state index contributed by atoms with van der Waals surface area (Å²) in [7, 11) is 1.56. The Labute approximate surface area is 116 Å². The zero-order valence-electron chi connectivity index (χ0n) is 11.3. The van der Waals surface area contributed by atoms with Crippen molar-refractivity contribution in [3.63, 3.8) is 0 Å². The van der Waals surface area contributed by atoms with Crippen molar-refractivity contribution in [2.45, 2.75) is 6.92 Å². The van der Waals surface area contributed by atoms with Gasteiger partial charge in [0.1, 0.15) is 0 Å². The molecule has 100 valence electrons. The van der Waals surface area contributed by atoms with Gasteiger partial charge < -0.3 is 9.47 Å². The van der Waals surface area contributed by atoms with E-state index in [0.29, 0.717) is 11.5 Å². The third-order valence-corrected chi connectivity index (χ3v) is 3.24. The lowest BCUT2D eigenvalue weighted by molar-refractivity contribution is -0.131. The molecule has 0 atom stereocenters. The standard InChI is InChI=1S/C17H14O3/c1-11(18)20-17-10-15-8-13-6-4-3-5-12(13)7-14(15)9-16(17)19-2/h3-10H,1-2H3. The van der Waals surface area contributed by atoms with Gasteiger partial charge in [-0.25, -0.2) is 0 Å². The number of benzene rings is 3. The van der Waals surface area contributed by atoms with Crippen LogP contribution in [0.2, 0.25) is 0 Å². The molecule has 3 aromatic carbocycles. The quantitative estimate of drug-likeness (QED) is 0.400. The first-order chi connectivity index (χ1) is 9.67. The molecular formula is C17H14O3. The van der Waals surface area contributed by atoms with Crippen LogP contribution in [0.3, 0.4) is 0 Å². The predicted molar refractivity (Wildman–Crippen MR) is 79.3 cm³/mol. The zero-order valence-corrected chi connectivity index (χ0v) is 11.3. The van der Waals surface area contributed by atoms with Gasteiger partial charge in [0.2, 0.25) is 0 Å². The lowest BCUT2D eigenvalue weighted by Crippen LogP contribution is -2.03. The molecule has 3 rings (SSSR count). The van der Waals surface area contributed by atoms with E-state index in [-0.39, 0.29) is 5.97 Å². The SMILES string of the molecule is COc1cc2cc3ccccc3cc2cc1OC(C)=O. The number of hydrogen-bond donors (Lipinski definition) is 0. The number of rotatable bonds is 2. The average molecular weight is 266 g/mol. The van der Waals surface area contributed by atoms with Gasteiger partial charge in [-0.15, -0.1) is 0 Å². The van der Waals surface area contributed by atoms with Crippen molar-refractivity contribution >= 4 is 27.5 Å². The maximum absolute atomic E-state index is 11.2. The van der Waals surface area contributed by atoms with Crippen molar-refractivity contribution < 1.29 is 14.3 Å². The van der Waals surface area contributed by atoms with Gasteiger partial charge in [-0.1, -0.05) is 24.3 Å². The molecule has 0 bridgehead atoms. The van der Waals surface area contributed by atoms with Crippen LogP contribution in [0.5, 0.6) is 11.5 Å². The summed E-state index contributed by atoms with van der Waals surface area (Å²) in [4.78, 5) is 11.2. The van der Waals surface area contributed by atoms with Gasteiger partial charge in [-0.3, -0.25) is 4.79 Å². The van der Waals surface area contributed by atoms with Gasteiger partial charge in [-0.05, 0) is 45.8 Å². The van der Waals surface area contributed by atoms with E-state index in [1.807, 2.05) is 24.3 Å². The van der Waals surface area contributed by atoms with Crippen molar-refractivity contribution in [3.05, 3.63) is 48.5 Å². The number of fused-ring (bicyclic) bond motifs is 2. The van der Waals surface area contributed by atoms with E-state index in [2.05, 4.69) is 24.3 Å². The van der Waals surface area contributed by atoms with Gasteiger partial charge >= 0.3 is 5.97 Å². The number of esters is 1. The second-order valence-electron chi connectivity index (χ2n) is 4.64. The Hall–Kier alpha value is -2.55. The second kappa shape index (κ2) is 4.85. The van der Waals surface area contributed by atoms with Gasteiger partial charge in [0, 0.05) is 6.92 Å². The summed E-state index contributed by atoms with van der Waals surface area (Å²) in [5, 5.41) is 4.39. The summed E-state index contributed by atoms with van der Waals surface area (Å²) >= 11 is 0. The summed E-state index contributed by atoms with van der Waals surface area (Å²) in [6.07, 6.45) is 0. The first-order valence-corrected chi connectivity index (χ1v) is 6.36. The van der Waals surface area contributed by atoms with Crippen LogP contribution in [-0.2, 0) is 4.79 Å². The Bertz CT molecular complexity index is 806. The van der Waals surface area contributed by atoms with Gasteiger partial charge in [-0.2, -0.15) is 0 Å². The fraction of sp³-hybridized carbons (Fsp3) is 0.118. The minimum absolute atomic E-state index is 0.358. The number of carbonyl (C=O) groups is 1. The molecule has 0 saturated carbocycles. The molecule has 0 saturated heterocycles. The van der Waals surface area contributed by atoms with Crippen LogP contribution in [0.1, 0.15) is 6.92 Å². The smallest absolute Gasteiger partial charge is 0.308 e. The molecule has 20 heavy (non-hydrogen) atoms. The molecule has 0 aromatic heterocycles. The van der Waals surface area contributed by atoms with Crippen molar-refractivity contribution in [1.82, 2.24) is 0 Å². The molecule has 0 radical (unpaired) electrons. The first-order valence-electron chi connectivity index (χ1n) is 6.36. The van der Waals surface area contributed by atoms with Crippen LogP contribution in [-0.4, -0.2) is 13.1 Å². The van der Waals surface area contributed by atoms with Crippen molar-refractivity contribution in [2.24, 2.45) is 0 Å². The number of carbonyl (C=O) groups excluding carboxylic acids is 1. The molecule has 0 heterocycles. The van der Waals surface area contributed by atoms with Crippen LogP contribution in [0.4, 0.5) is 0 Å². The highest BCUT2D eigenvalue weighted by Crippen LogP contribution is 2.34. The van der Waals surface area contributed by atoms with Gasteiger partial charge in [0.15, 0.2) is 11.5 Å². The Morgan fingerprint density at radius 1 is 0.850 bits per heavy atom. The molecule has 0 spiro atoms. The fourth-order valence-corrected chi connectivity index (χ4v) is 2.34. The summed E-state index contributed by atoms with van der Waals surface area (Å²) in [6, 6.07) is 16.1. The molecule has 0 amide bonds. The first kappa shape index (κ1) is 12.5. The van der Waals surface area contributed by atoms with Gasteiger partial charge in [0.25, 0.3) is 0 Å². The van der Waals surface area contributed by atoms with E-state index in [1.165, 1.54) is 12.3 Å². The maximum Gasteiger partial charge on any atom is 0.308 e. The lowest BCUT2D eigenvalue weighted by Gasteiger charge is -2.10. The molecular weight excluding hydrogens is 252 g/mol. The number of hydrogen-bond acceptors (Lipinski definition) is 3. The molecule has 0 aliphatic heterocycles. The normalized spacial score (nSPS) is 10.7. The van der Waals surface area contributed by atoms with Crippen LogP contribution in [0.15, 0.2) is 48.5 Å². The summed E-state index contributed by atoms with van der Waals surface area (Å²) in [5.74, 6) is 0.647. The van der Waals surface area contributed by atoms with E-state index >= 15 is 0 Å². The maximum atomic E-state index is 11.2. The van der Waals surface area contributed by atoms with E-state index in [9.17, 15) is 4.79 Å².